The van der Waals surface area contributed by atoms with Gasteiger partial charge in [0.05, 0.1) is 12.5 Å². The molecule has 106 valence electrons. The second-order valence-electron chi connectivity index (χ2n) is 4.82. The van der Waals surface area contributed by atoms with Crippen LogP contribution >= 0.6 is 23.2 Å². The molecule has 0 aliphatic rings. The van der Waals surface area contributed by atoms with Crippen LogP contribution < -0.4 is 4.74 Å². The molecule has 0 aliphatic carbocycles. The highest BCUT2D eigenvalue weighted by molar-refractivity contribution is 6.36. The van der Waals surface area contributed by atoms with Crippen molar-refractivity contribution in [3.8, 4) is 5.75 Å². The molecular weight excluding hydrogens is 303 g/mol. The number of halogens is 2. The number of alkyl halides is 1. The van der Waals surface area contributed by atoms with Gasteiger partial charge in [0, 0.05) is 10.4 Å². The number of benzene rings is 3. The maximum atomic E-state index is 6.69. The topological polar surface area (TPSA) is 9.23 Å². The minimum Gasteiger partial charge on any atom is -0.497 e. The zero-order valence-electron chi connectivity index (χ0n) is 11.5. The number of fused-ring (bicyclic) bond motifs is 1. The fourth-order valence-electron chi connectivity index (χ4n) is 2.49. The zero-order valence-corrected chi connectivity index (χ0v) is 13.0. The molecule has 21 heavy (non-hydrogen) atoms. The number of methoxy groups -OCH3 is 1. The van der Waals surface area contributed by atoms with Crippen molar-refractivity contribution in [2.45, 2.75) is 5.38 Å². The van der Waals surface area contributed by atoms with Gasteiger partial charge in [-0.15, -0.1) is 11.6 Å². The lowest BCUT2D eigenvalue weighted by Gasteiger charge is -2.15. The molecule has 3 rings (SSSR count). The van der Waals surface area contributed by atoms with Crippen molar-refractivity contribution in [1.82, 2.24) is 0 Å². The molecule has 1 unspecified atom stereocenters. The quantitative estimate of drug-likeness (QED) is 0.552. The first kappa shape index (κ1) is 14.2. The lowest BCUT2D eigenvalue weighted by molar-refractivity contribution is 0.414. The van der Waals surface area contributed by atoms with E-state index in [1.165, 1.54) is 0 Å². The van der Waals surface area contributed by atoms with Crippen LogP contribution in [0.1, 0.15) is 16.5 Å². The Bertz CT molecular complexity index is 783. The third-order valence-corrected chi connectivity index (χ3v) is 4.38. The van der Waals surface area contributed by atoms with E-state index < -0.39 is 0 Å². The summed E-state index contributed by atoms with van der Waals surface area (Å²) < 4.78 is 5.27. The largest absolute Gasteiger partial charge is 0.497 e. The standard InChI is InChI=1S/C18H14Cl2O/c1-21-13-6-4-5-12(11-13)18(20)16-9-10-17(19)15-8-3-2-7-14(15)16/h2-11,18H,1H3. The average Bonchev–Trinajstić information content (AvgIpc) is 2.55. The van der Waals surface area contributed by atoms with Gasteiger partial charge >= 0.3 is 0 Å². The second-order valence-corrected chi connectivity index (χ2v) is 5.67. The lowest BCUT2D eigenvalue weighted by atomic mass is 9.98. The van der Waals surface area contributed by atoms with Crippen LogP contribution in [0.25, 0.3) is 10.8 Å². The van der Waals surface area contributed by atoms with Gasteiger partial charge in [-0.3, -0.25) is 0 Å². The molecule has 3 heteroatoms. The van der Waals surface area contributed by atoms with E-state index in [2.05, 4.69) is 0 Å². The highest BCUT2D eigenvalue weighted by Gasteiger charge is 2.15. The van der Waals surface area contributed by atoms with Crippen LogP contribution in [-0.4, -0.2) is 7.11 Å². The van der Waals surface area contributed by atoms with Gasteiger partial charge in [0.1, 0.15) is 5.75 Å². The summed E-state index contributed by atoms with van der Waals surface area (Å²) in [5.74, 6) is 0.802. The van der Waals surface area contributed by atoms with E-state index in [1.807, 2.05) is 60.7 Å². The van der Waals surface area contributed by atoms with E-state index in [0.717, 1.165) is 32.7 Å². The van der Waals surface area contributed by atoms with Gasteiger partial charge in [-0.25, -0.2) is 0 Å². The predicted octanol–water partition coefficient (Wildman–Crippen LogP) is 5.83. The molecule has 0 bridgehead atoms. The molecule has 0 radical (unpaired) electrons. The second kappa shape index (κ2) is 5.97. The molecule has 0 aliphatic heterocycles. The van der Waals surface area contributed by atoms with Crippen molar-refractivity contribution in [2.75, 3.05) is 7.11 Å². The van der Waals surface area contributed by atoms with Gasteiger partial charge in [-0.05, 0) is 34.7 Å². The van der Waals surface area contributed by atoms with Gasteiger partial charge in [0.25, 0.3) is 0 Å². The lowest BCUT2D eigenvalue weighted by Crippen LogP contribution is -1.96. The molecule has 0 heterocycles. The Labute approximate surface area is 134 Å². The van der Waals surface area contributed by atoms with E-state index in [9.17, 15) is 0 Å². The fraction of sp³-hybridized carbons (Fsp3) is 0.111. The molecule has 0 amide bonds. The van der Waals surface area contributed by atoms with Crippen molar-refractivity contribution < 1.29 is 4.74 Å². The van der Waals surface area contributed by atoms with Crippen LogP contribution in [0.15, 0.2) is 60.7 Å². The van der Waals surface area contributed by atoms with Gasteiger partial charge in [0.15, 0.2) is 0 Å². The molecule has 0 N–H and O–H groups in total. The summed E-state index contributed by atoms with van der Waals surface area (Å²) in [6.07, 6.45) is 0. The smallest absolute Gasteiger partial charge is 0.119 e. The summed E-state index contributed by atoms with van der Waals surface area (Å²) >= 11 is 13.0. The summed E-state index contributed by atoms with van der Waals surface area (Å²) in [4.78, 5) is 0. The van der Waals surface area contributed by atoms with Crippen molar-refractivity contribution in [1.29, 1.82) is 0 Å². The zero-order chi connectivity index (χ0) is 14.8. The Balaban J connectivity index is 2.13. The maximum absolute atomic E-state index is 6.69. The number of ether oxygens (including phenoxy) is 1. The first-order valence-corrected chi connectivity index (χ1v) is 7.47. The monoisotopic (exact) mass is 316 g/mol. The normalized spacial score (nSPS) is 12.3. The summed E-state index contributed by atoms with van der Waals surface area (Å²) in [7, 11) is 1.65. The minimum absolute atomic E-state index is 0.248. The number of hydrogen-bond acceptors (Lipinski definition) is 1. The van der Waals surface area contributed by atoms with Crippen LogP contribution in [0, 0.1) is 0 Å². The fourth-order valence-corrected chi connectivity index (χ4v) is 3.04. The summed E-state index contributed by atoms with van der Waals surface area (Å²) in [5, 5.41) is 2.59. The van der Waals surface area contributed by atoms with Crippen molar-refractivity contribution in [3.63, 3.8) is 0 Å². The van der Waals surface area contributed by atoms with E-state index >= 15 is 0 Å². The Hall–Kier alpha value is -1.70. The van der Waals surface area contributed by atoms with Crippen molar-refractivity contribution in [3.05, 3.63) is 76.8 Å². The van der Waals surface area contributed by atoms with Gasteiger partial charge in [-0.2, -0.15) is 0 Å². The first-order valence-electron chi connectivity index (χ1n) is 6.66. The minimum atomic E-state index is -0.248. The van der Waals surface area contributed by atoms with Crippen molar-refractivity contribution >= 4 is 34.0 Å². The van der Waals surface area contributed by atoms with E-state index in [4.69, 9.17) is 27.9 Å². The van der Waals surface area contributed by atoms with Gasteiger partial charge < -0.3 is 4.74 Å². The van der Waals surface area contributed by atoms with Gasteiger partial charge in [-0.1, -0.05) is 54.1 Å². The Morgan fingerprint density at radius 1 is 0.905 bits per heavy atom. The van der Waals surface area contributed by atoms with Crippen LogP contribution in [0.4, 0.5) is 0 Å². The van der Waals surface area contributed by atoms with Gasteiger partial charge in [0.2, 0.25) is 0 Å². The maximum Gasteiger partial charge on any atom is 0.119 e. The molecule has 0 saturated carbocycles. The van der Waals surface area contributed by atoms with Crippen LogP contribution in [-0.2, 0) is 0 Å². The molecule has 1 atom stereocenters. The molecule has 3 aromatic carbocycles. The van der Waals surface area contributed by atoms with Crippen LogP contribution in [0.2, 0.25) is 5.02 Å². The summed E-state index contributed by atoms with van der Waals surface area (Å²) in [6, 6.07) is 19.7. The van der Waals surface area contributed by atoms with Crippen LogP contribution in [0.3, 0.4) is 0 Å². The number of rotatable bonds is 3. The third-order valence-electron chi connectivity index (χ3n) is 3.56. The Kier molecular flexibility index (Phi) is 4.05. The van der Waals surface area contributed by atoms with E-state index in [0.29, 0.717) is 0 Å². The molecular formula is C18H14Cl2O. The molecule has 0 saturated heterocycles. The molecule has 0 aromatic heterocycles. The SMILES string of the molecule is COc1cccc(C(Cl)c2ccc(Cl)c3ccccc23)c1. The Morgan fingerprint density at radius 2 is 1.67 bits per heavy atom. The average molecular weight is 317 g/mol. The third kappa shape index (κ3) is 2.72. The van der Waals surface area contributed by atoms with Crippen LogP contribution in [0.5, 0.6) is 5.75 Å². The van der Waals surface area contributed by atoms with E-state index in [1.54, 1.807) is 7.11 Å². The van der Waals surface area contributed by atoms with E-state index in [-0.39, 0.29) is 5.38 Å². The number of hydrogen-bond donors (Lipinski definition) is 0. The molecule has 3 aromatic rings. The molecule has 0 fully saturated rings. The highest BCUT2D eigenvalue weighted by atomic mass is 35.5. The molecule has 1 nitrogen and oxygen atoms in total. The summed E-state index contributed by atoms with van der Waals surface area (Å²) in [6.45, 7) is 0. The summed E-state index contributed by atoms with van der Waals surface area (Å²) in [5.41, 5.74) is 2.05. The highest BCUT2D eigenvalue weighted by Crippen LogP contribution is 2.37. The Morgan fingerprint density at radius 3 is 2.43 bits per heavy atom. The predicted molar refractivity (Wildman–Crippen MR) is 89.6 cm³/mol. The molecule has 0 spiro atoms. The first-order chi connectivity index (χ1) is 10.2. The van der Waals surface area contributed by atoms with Crippen molar-refractivity contribution in [2.24, 2.45) is 0 Å².